The van der Waals surface area contributed by atoms with Gasteiger partial charge in [0.2, 0.25) is 0 Å². The molecule has 1 saturated heterocycles. The minimum absolute atomic E-state index is 0.167. The number of nitrogens with zero attached hydrogens (tertiary/aromatic N) is 2. The molecule has 0 atom stereocenters. The van der Waals surface area contributed by atoms with Crippen LogP contribution in [0, 0.1) is 0 Å². The van der Waals surface area contributed by atoms with E-state index in [1.165, 1.54) is 0 Å². The normalized spacial score (nSPS) is 17.5. The molecule has 1 heterocycles. The van der Waals surface area contributed by atoms with Gasteiger partial charge in [-0.3, -0.25) is 4.99 Å². The lowest BCUT2D eigenvalue weighted by atomic mass is 10.1. The Hall–Kier alpha value is -1.85. The van der Waals surface area contributed by atoms with E-state index in [2.05, 4.69) is 15.6 Å². The van der Waals surface area contributed by atoms with Crippen molar-refractivity contribution in [2.75, 3.05) is 27.2 Å². The van der Waals surface area contributed by atoms with Gasteiger partial charge in [-0.25, -0.2) is 8.42 Å². The summed E-state index contributed by atoms with van der Waals surface area (Å²) in [5, 5.41) is 6.31. The topological polar surface area (TPSA) is 83.0 Å². The molecule has 1 aromatic carbocycles. The lowest BCUT2D eigenvalue weighted by Gasteiger charge is -2.32. The zero-order valence-corrected chi connectivity index (χ0v) is 16.6. The van der Waals surface area contributed by atoms with Crippen molar-refractivity contribution in [3.8, 4) is 0 Å². The van der Waals surface area contributed by atoms with Crippen molar-refractivity contribution in [1.82, 2.24) is 14.9 Å². The van der Waals surface area contributed by atoms with Gasteiger partial charge in [-0.05, 0) is 24.0 Å². The molecule has 0 spiro atoms. The monoisotopic (exact) mass is 422 g/mol. The molecule has 0 amide bonds. The van der Waals surface area contributed by atoms with Crippen LogP contribution in [-0.2, 0) is 27.9 Å². The number of rotatable bonds is 6. The van der Waals surface area contributed by atoms with Crippen molar-refractivity contribution in [3.05, 3.63) is 35.4 Å². The lowest BCUT2D eigenvalue weighted by Crippen LogP contribution is -2.51. The fourth-order valence-electron chi connectivity index (χ4n) is 2.98. The second-order valence-electron chi connectivity index (χ2n) is 6.40. The largest absolute Gasteiger partial charge is 0.511 e. The summed E-state index contributed by atoms with van der Waals surface area (Å²) in [5.41, 5.74) is -3.18. The number of ether oxygens (including phenoxy) is 1. The second-order valence-corrected chi connectivity index (χ2v) is 8.33. The Labute approximate surface area is 163 Å². The van der Waals surface area contributed by atoms with Gasteiger partial charge in [-0.2, -0.15) is 17.5 Å². The number of methoxy groups -OCH3 is 1. The molecule has 1 aromatic rings. The highest BCUT2D eigenvalue weighted by atomic mass is 32.2. The molecule has 0 unspecified atom stereocenters. The van der Waals surface area contributed by atoms with Gasteiger partial charge in [-0.1, -0.05) is 24.3 Å². The van der Waals surface area contributed by atoms with E-state index in [4.69, 9.17) is 4.74 Å². The van der Waals surface area contributed by atoms with E-state index in [0.717, 1.165) is 11.1 Å². The molecule has 1 aliphatic heterocycles. The van der Waals surface area contributed by atoms with Gasteiger partial charge in [0.15, 0.2) is 5.96 Å². The van der Waals surface area contributed by atoms with Crippen LogP contribution in [-0.4, -0.2) is 57.5 Å². The number of aliphatic imine (C=N–C) groups is 1. The maximum absolute atomic E-state index is 12.6. The SMILES string of the molecule is CN=C(NCc1ccccc1COC)NC1CCN(S(=O)(=O)C(F)(F)F)CC1. The molecule has 1 fully saturated rings. The third-order valence-corrected chi connectivity index (χ3v) is 6.15. The fraction of sp³-hybridized carbons (Fsp3) is 0.588. The molecule has 7 nitrogen and oxygen atoms in total. The predicted octanol–water partition coefficient (Wildman–Crippen LogP) is 1.81. The number of halogens is 3. The van der Waals surface area contributed by atoms with Crippen LogP contribution in [0.2, 0.25) is 0 Å². The first-order chi connectivity index (χ1) is 13.2. The van der Waals surface area contributed by atoms with Crippen LogP contribution in [0.5, 0.6) is 0 Å². The summed E-state index contributed by atoms with van der Waals surface area (Å²) in [5.74, 6) is 0.504. The van der Waals surface area contributed by atoms with Gasteiger partial charge in [-0.15, -0.1) is 0 Å². The zero-order valence-electron chi connectivity index (χ0n) is 15.8. The smallest absolute Gasteiger partial charge is 0.380 e. The number of guanidine groups is 1. The number of nitrogens with one attached hydrogen (secondary N) is 2. The van der Waals surface area contributed by atoms with Crippen LogP contribution in [0.3, 0.4) is 0 Å². The van der Waals surface area contributed by atoms with Crippen LogP contribution in [0.25, 0.3) is 0 Å². The Morgan fingerprint density at radius 3 is 2.39 bits per heavy atom. The van der Waals surface area contributed by atoms with Gasteiger partial charge in [0.05, 0.1) is 6.61 Å². The standard InChI is InChI=1S/C17H25F3N4O3S/c1-21-16(22-11-13-5-3-4-6-14(13)12-27-2)23-15-7-9-24(10-8-15)28(25,26)17(18,19)20/h3-6,15H,7-12H2,1-2H3,(H2,21,22,23). The van der Waals surface area contributed by atoms with Gasteiger partial charge in [0.1, 0.15) is 0 Å². The van der Waals surface area contributed by atoms with Gasteiger partial charge < -0.3 is 15.4 Å². The Bertz CT molecular complexity index is 776. The first-order valence-electron chi connectivity index (χ1n) is 8.78. The van der Waals surface area contributed by atoms with Crippen LogP contribution in [0.15, 0.2) is 29.3 Å². The Morgan fingerprint density at radius 1 is 1.25 bits per heavy atom. The number of benzene rings is 1. The van der Waals surface area contributed by atoms with Crippen molar-refractivity contribution in [2.45, 2.75) is 37.5 Å². The van der Waals surface area contributed by atoms with E-state index in [-0.39, 0.29) is 32.0 Å². The number of hydrogen-bond acceptors (Lipinski definition) is 4. The Balaban J connectivity index is 1.88. The van der Waals surface area contributed by atoms with E-state index < -0.39 is 15.5 Å². The average molecular weight is 422 g/mol. The van der Waals surface area contributed by atoms with E-state index in [1.807, 2.05) is 24.3 Å². The minimum Gasteiger partial charge on any atom is -0.380 e. The summed E-state index contributed by atoms with van der Waals surface area (Å²) >= 11 is 0. The van der Waals surface area contributed by atoms with E-state index >= 15 is 0 Å². The van der Waals surface area contributed by atoms with Gasteiger partial charge in [0.25, 0.3) is 0 Å². The quantitative estimate of drug-likeness (QED) is 0.540. The molecular formula is C17H25F3N4O3S. The number of sulfonamides is 1. The molecule has 28 heavy (non-hydrogen) atoms. The number of alkyl halides is 3. The summed E-state index contributed by atoms with van der Waals surface area (Å²) in [4.78, 5) is 4.13. The summed E-state index contributed by atoms with van der Waals surface area (Å²) in [6, 6.07) is 7.61. The molecule has 0 aliphatic carbocycles. The number of piperidine rings is 1. The summed E-state index contributed by atoms with van der Waals surface area (Å²) < 4.78 is 66.5. The predicted molar refractivity (Wildman–Crippen MR) is 100 cm³/mol. The molecule has 0 aromatic heterocycles. The molecule has 11 heteroatoms. The average Bonchev–Trinajstić information content (AvgIpc) is 2.66. The second kappa shape index (κ2) is 9.57. The molecular weight excluding hydrogens is 397 g/mol. The molecule has 1 aliphatic rings. The molecule has 0 saturated carbocycles. The third kappa shape index (κ3) is 5.58. The van der Waals surface area contributed by atoms with Crippen LogP contribution >= 0.6 is 0 Å². The van der Waals surface area contributed by atoms with E-state index in [1.54, 1.807) is 14.2 Å². The molecule has 2 rings (SSSR count). The highest BCUT2D eigenvalue weighted by molar-refractivity contribution is 7.90. The number of hydrogen-bond donors (Lipinski definition) is 2. The van der Waals surface area contributed by atoms with Gasteiger partial charge in [0, 0.05) is 39.8 Å². The fourth-order valence-corrected chi connectivity index (χ4v) is 3.96. The van der Waals surface area contributed by atoms with Crippen molar-refractivity contribution in [2.24, 2.45) is 4.99 Å². The maximum Gasteiger partial charge on any atom is 0.511 e. The molecule has 158 valence electrons. The maximum atomic E-state index is 12.6. The summed E-state index contributed by atoms with van der Waals surface area (Å²) in [7, 11) is -2.05. The zero-order chi connectivity index (χ0) is 20.8. The molecule has 0 bridgehead atoms. The van der Waals surface area contributed by atoms with Crippen molar-refractivity contribution in [3.63, 3.8) is 0 Å². The Morgan fingerprint density at radius 2 is 1.86 bits per heavy atom. The first kappa shape index (κ1) is 22.4. The summed E-state index contributed by atoms with van der Waals surface area (Å²) in [6.07, 6.45) is 0.520. The van der Waals surface area contributed by atoms with E-state index in [9.17, 15) is 21.6 Å². The Kier molecular flexibility index (Phi) is 7.67. The van der Waals surface area contributed by atoms with Crippen LogP contribution < -0.4 is 10.6 Å². The molecule has 0 radical (unpaired) electrons. The van der Waals surface area contributed by atoms with Crippen molar-refractivity contribution < 1.29 is 26.3 Å². The van der Waals surface area contributed by atoms with Crippen molar-refractivity contribution in [1.29, 1.82) is 0 Å². The highest BCUT2D eigenvalue weighted by Gasteiger charge is 2.50. The van der Waals surface area contributed by atoms with Crippen LogP contribution in [0.4, 0.5) is 13.2 Å². The van der Waals surface area contributed by atoms with Gasteiger partial charge >= 0.3 is 15.5 Å². The first-order valence-corrected chi connectivity index (χ1v) is 10.2. The molecule has 2 N–H and O–H groups in total. The summed E-state index contributed by atoms with van der Waals surface area (Å²) in [6.45, 7) is 0.608. The third-order valence-electron chi connectivity index (χ3n) is 4.52. The minimum atomic E-state index is -5.27. The van der Waals surface area contributed by atoms with E-state index in [0.29, 0.717) is 23.4 Å². The highest BCUT2D eigenvalue weighted by Crippen LogP contribution is 2.28. The lowest BCUT2D eigenvalue weighted by molar-refractivity contribution is -0.0494. The van der Waals surface area contributed by atoms with Crippen LogP contribution in [0.1, 0.15) is 24.0 Å². The van der Waals surface area contributed by atoms with Crippen molar-refractivity contribution >= 4 is 16.0 Å².